The Morgan fingerprint density at radius 3 is 2.45 bits per heavy atom. The summed E-state index contributed by atoms with van der Waals surface area (Å²) in [5.74, 6) is 5.39. The highest BCUT2D eigenvalue weighted by atomic mass is 32.2. The van der Waals surface area contributed by atoms with E-state index in [1.165, 1.54) is 3.97 Å². The Morgan fingerprint density at radius 2 is 1.77 bits per heavy atom. The van der Waals surface area contributed by atoms with Gasteiger partial charge in [-0.3, -0.25) is 11.3 Å². The molecule has 0 unspecified atom stereocenters. The number of hydrogen-bond donors (Lipinski definition) is 2. The zero-order valence-corrected chi connectivity index (χ0v) is 13.0. The van der Waals surface area contributed by atoms with Gasteiger partial charge in [-0.25, -0.2) is 12.4 Å². The highest BCUT2D eigenvalue weighted by Crippen LogP contribution is 2.25. The monoisotopic (exact) mass is 315 g/mol. The largest absolute Gasteiger partial charge is 0.271 e. The van der Waals surface area contributed by atoms with E-state index < -0.39 is 10.0 Å². The van der Waals surface area contributed by atoms with Gasteiger partial charge in [0.2, 0.25) is 0 Å². The Morgan fingerprint density at radius 1 is 1.09 bits per heavy atom. The van der Waals surface area contributed by atoms with Crippen LogP contribution in [0.2, 0.25) is 0 Å². The number of nitrogens with one attached hydrogen (secondary N) is 1. The number of fused-ring (bicyclic) bond motifs is 1. The molecule has 1 heterocycles. The minimum atomic E-state index is -3.67. The molecule has 0 atom stereocenters. The number of aryl methyl sites for hydroxylation is 1. The van der Waals surface area contributed by atoms with Crippen LogP contribution >= 0.6 is 0 Å². The van der Waals surface area contributed by atoms with Gasteiger partial charge in [-0.15, -0.1) is 0 Å². The third kappa shape index (κ3) is 2.41. The van der Waals surface area contributed by atoms with Crippen molar-refractivity contribution in [1.82, 2.24) is 9.40 Å². The molecule has 3 N–H and O–H groups in total. The van der Waals surface area contributed by atoms with Crippen LogP contribution in [0.3, 0.4) is 0 Å². The first kappa shape index (κ1) is 14.8. The zero-order chi connectivity index (χ0) is 15.7. The Balaban J connectivity index is 2.27. The molecule has 0 spiro atoms. The minimum Gasteiger partial charge on any atom is -0.271 e. The van der Waals surface area contributed by atoms with Crippen LogP contribution in [-0.2, 0) is 16.6 Å². The second-order valence-corrected chi connectivity index (χ2v) is 6.94. The number of hydrogen-bond acceptors (Lipinski definition) is 4. The average Bonchev–Trinajstić information content (AvgIpc) is 2.86. The number of benzene rings is 2. The molecular formula is C16H17N3O2S. The molecule has 0 radical (unpaired) electrons. The molecule has 3 rings (SSSR count). The van der Waals surface area contributed by atoms with Crippen LogP contribution in [-0.4, -0.2) is 12.4 Å². The quantitative estimate of drug-likeness (QED) is 0.571. The summed E-state index contributed by atoms with van der Waals surface area (Å²) in [6, 6.07) is 16.0. The second kappa shape index (κ2) is 5.57. The maximum Gasteiger partial charge on any atom is 0.268 e. The fraction of sp³-hybridized carbons (Fsp3) is 0.125. The lowest BCUT2D eigenvalue weighted by Gasteiger charge is -2.12. The Bertz CT molecular complexity index is 912. The molecule has 0 bridgehead atoms. The van der Waals surface area contributed by atoms with Gasteiger partial charge in [0.05, 0.1) is 22.7 Å². The first-order valence-corrected chi connectivity index (χ1v) is 8.33. The molecule has 0 saturated carbocycles. The predicted octanol–water partition coefficient (Wildman–Crippen LogP) is 2.15. The summed E-state index contributed by atoms with van der Waals surface area (Å²) in [7, 11) is -3.67. The summed E-state index contributed by atoms with van der Waals surface area (Å²) in [5.41, 5.74) is 4.79. The predicted molar refractivity (Wildman–Crippen MR) is 86.7 cm³/mol. The van der Waals surface area contributed by atoms with Crippen molar-refractivity contribution in [1.29, 1.82) is 0 Å². The molecule has 0 fully saturated rings. The molecule has 1 aromatic heterocycles. The van der Waals surface area contributed by atoms with Gasteiger partial charge >= 0.3 is 0 Å². The van der Waals surface area contributed by atoms with Gasteiger partial charge in [-0.05, 0) is 31.2 Å². The van der Waals surface area contributed by atoms with Crippen molar-refractivity contribution in [3.05, 3.63) is 65.9 Å². The summed E-state index contributed by atoms with van der Waals surface area (Å²) >= 11 is 0. The standard InChI is InChI=1S/C16H17N3O2S/c1-12-6-8-15(9-7-12)22(20,21)19-14(11-18-17)10-13-4-2-3-5-16(13)19/h2-10,18H,11,17H2,1H3. The first-order chi connectivity index (χ1) is 10.5. The second-order valence-electron chi connectivity index (χ2n) is 5.16. The van der Waals surface area contributed by atoms with Crippen LogP contribution in [0.15, 0.2) is 59.5 Å². The van der Waals surface area contributed by atoms with Crippen LogP contribution in [0.5, 0.6) is 0 Å². The van der Waals surface area contributed by atoms with Crippen LogP contribution in [0.1, 0.15) is 11.3 Å². The number of rotatable bonds is 4. The van der Waals surface area contributed by atoms with Crippen LogP contribution in [0, 0.1) is 6.92 Å². The lowest BCUT2D eigenvalue weighted by molar-refractivity contribution is 0.584. The summed E-state index contributed by atoms with van der Waals surface area (Å²) in [6.45, 7) is 2.19. The number of hydrazine groups is 1. The molecule has 0 amide bonds. The van der Waals surface area contributed by atoms with E-state index in [1.54, 1.807) is 30.3 Å². The normalized spacial score (nSPS) is 11.9. The molecule has 0 aliphatic heterocycles. The van der Waals surface area contributed by atoms with E-state index in [0.29, 0.717) is 11.2 Å². The SMILES string of the molecule is Cc1ccc(S(=O)(=O)n2c(CNN)cc3ccccc32)cc1. The summed E-state index contributed by atoms with van der Waals surface area (Å²) in [4.78, 5) is 0.262. The number of nitrogens with two attached hydrogens (primary N) is 1. The third-order valence-electron chi connectivity index (χ3n) is 3.58. The molecule has 114 valence electrons. The van der Waals surface area contributed by atoms with Crippen molar-refractivity contribution in [3.8, 4) is 0 Å². The summed E-state index contributed by atoms with van der Waals surface area (Å²) in [6.07, 6.45) is 0. The van der Waals surface area contributed by atoms with Gasteiger partial charge in [-0.2, -0.15) is 0 Å². The van der Waals surface area contributed by atoms with Crippen molar-refractivity contribution >= 4 is 20.9 Å². The van der Waals surface area contributed by atoms with Gasteiger partial charge < -0.3 is 0 Å². The summed E-state index contributed by atoms with van der Waals surface area (Å²) < 4.78 is 27.4. The molecule has 0 aliphatic carbocycles. The third-order valence-corrected chi connectivity index (χ3v) is 5.36. The fourth-order valence-corrected chi connectivity index (χ4v) is 4.06. The maximum absolute atomic E-state index is 13.0. The smallest absolute Gasteiger partial charge is 0.268 e. The topological polar surface area (TPSA) is 77.1 Å². The van der Waals surface area contributed by atoms with Crippen molar-refractivity contribution in [2.75, 3.05) is 0 Å². The Hall–Kier alpha value is -2.15. The van der Waals surface area contributed by atoms with Crippen molar-refractivity contribution in [2.45, 2.75) is 18.4 Å². The highest BCUT2D eigenvalue weighted by molar-refractivity contribution is 7.90. The Kier molecular flexibility index (Phi) is 3.74. The first-order valence-electron chi connectivity index (χ1n) is 6.89. The van der Waals surface area contributed by atoms with Crippen molar-refractivity contribution < 1.29 is 8.42 Å². The lowest BCUT2D eigenvalue weighted by Crippen LogP contribution is -2.25. The van der Waals surface area contributed by atoms with Gasteiger partial charge in [-0.1, -0.05) is 35.9 Å². The van der Waals surface area contributed by atoms with Gasteiger partial charge in [0.1, 0.15) is 0 Å². The van der Waals surface area contributed by atoms with Crippen molar-refractivity contribution in [2.24, 2.45) is 5.84 Å². The molecule has 3 aromatic rings. The molecule has 0 aliphatic rings. The maximum atomic E-state index is 13.0. The Labute approximate surface area is 129 Å². The van der Waals surface area contributed by atoms with Gasteiger partial charge in [0, 0.05) is 5.39 Å². The van der Waals surface area contributed by atoms with Crippen LogP contribution in [0.4, 0.5) is 0 Å². The van der Waals surface area contributed by atoms with E-state index >= 15 is 0 Å². The van der Waals surface area contributed by atoms with E-state index in [4.69, 9.17) is 5.84 Å². The van der Waals surface area contributed by atoms with Crippen LogP contribution in [0.25, 0.3) is 10.9 Å². The molecule has 0 saturated heterocycles. The van der Waals surface area contributed by atoms with Gasteiger partial charge in [0.15, 0.2) is 0 Å². The number of nitrogens with zero attached hydrogens (tertiary/aromatic N) is 1. The number of aromatic nitrogens is 1. The number of para-hydroxylation sites is 1. The zero-order valence-electron chi connectivity index (χ0n) is 12.2. The average molecular weight is 315 g/mol. The molecule has 6 heteroatoms. The fourth-order valence-electron chi connectivity index (χ4n) is 2.51. The van der Waals surface area contributed by atoms with Crippen molar-refractivity contribution in [3.63, 3.8) is 0 Å². The van der Waals surface area contributed by atoms with E-state index in [0.717, 1.165) is 10.9 Å². The molecule has 22 heavy (non-hydrogen) atoms. The van der Waals surface area contributed by atoms with E-state index in [2.05, 4.69) is 5.43 Å². The van der Waals surface area contributed by atoms with E-state index in [9.17, 15) is 8.42 Å². The van der Waals surface area contributed by atoms with Gasteiger partial charge in [0.25, 0.3) is 10.0 Å². The molecular weight excluding hydrogens is 298 g/mol. The van der Waals surface area contributed by atoms with Crippen LogP contribution < -0.4 is 11.3 Å². The summed E-state index contributed by atoms with van der Waals surface area (Å²) in [5, 5.41) is 0.864. The minimum absolute atomic E-state index is 0.262. The highest BCUT2D eigenvalue weighted by Gasteiger charge is 2.22. The lowest BCUT2D eigenvalue weighted by atomic mass is 10.2. The molecule has 5 nitrogen and oxygen atoms in total. The molecule has 2 aromatic carbocycles. The van der Waals surface area contributed by atoms with E-state index in [1.807, 2.05) is 31.2 Å². The van der Waals surface area contributed by atoms with E-state index in [-0.39, 0.29) is 11.4 Å².